The van der Waals surface area contributed by atoms with Crippen molar-refractivity contribution in [3.05, 3.63) is 41.1 Å². The number of thioether (sulfide) groups is 1. The summed E-state index contributed by atoms with van der Waals surface area (Å²) in [5.41, 5.74) is 1.84. The zero-order chi connectivity index (χ0) is 18.7. The highest BCUT2D eigenvalue weighted by Crippen LogP contribution is 2.40. The van der Waals surface area contributed by atoms with Gasteiger partial charge in [-0.05, 0) is 38.5 Å². The molecule has 0 bridgehead atoms. The van der Waals surface area contributed by atoms with Gasteiger partial charge in [-0.1, -0.05) is 23.9 Å². The summed E-state index contributed by atoms with van der Waals surface area (Å²) < 4.78 is 10.7. The van der Waals surface area contributed by atoms with Gasteiger partial charge in [0.1, 0.15) is 5.75 Å². The zero-order valence-electron chi connectivity index (χ0n) is 15.2. The second kappa shape index (κ2) is 7.95. The van der Waals surface area contributed by atoms with Gasteiger partial charge in [0, 0.05) is 12.2 Å². The van der Waals surface area contributed by atoms with E-state index < -0.39 is 12.0 Å². The number of hydrogen-bond acceptors (Lipinski definition) is 6. The molecule has 2 aliphatic rings. The van der Waals surface area contributed by atoms with Gasteiger partial charge in [0.2, 0.25) is 5.91 Å². The van der Waals surface area contributed by atoms with Crippen LogP contribution in [0.2, 0.25) is 0 Å². The van der Waals surface area contributed by atoms with E-state index in [1.54, 1.807) is 18.7 Å². The quantitative estimate of drug-likeness (QED) is 0.740. The lowest BCUT2D eigenvalue weighted by Crippen LogP contribution is -2.45. The van der Waals surface area contributed by atoms with E-state index >= 15 is 0 Å². The van der Waals surface area contributed by atoms with E-state index in [0.29, 0.717) is 35.2 Å². The number of aliphatic imine (C=N–C) groups is 1. The Balaban J connectivity index is 2.07. The molecule has 0 aliphatic carbocycles. The monoisotopic (exact) mass is 374 g/mol. The molecule has 0 aromatic heterocycles. The minimum atomic E-state index is -0.530. The van der Waals surface area contributed by atoms with Gasteiger partial charge >= 0.3 is 5.97 Å². The van der Waals surface area contributed by atoms with Gasteiger partial charge in [0.05, 0.1) is 30.5 Å². The summed E-state index contributed by atoms with van der Waals surface area (Å²) in [5.74, 6) is 0.982. The molecule has 6 nitrogen and oxygen atoms in total. The van der Waals surface area contributed by atoms with Crippen LogP contribution in [0.15, 0.2) is 40.5 Å². The molecule has 138 valence electrons. The minimum absolute atomic E-state index is 0.0318. The van der Waals surface area contributed by atoms with Crippen molar-refractivity contribution in [1.29, 1.82) is 0 Å². The van der Waals surface area contributed by atoms with E-state index in [1.807, 2.05) is 31.2 Å². The molecule has 1 aromatic carbocycles. The summed E-state index contributed by atoms with van der Waals surface area (Å²) in [7, 11) is 0. The molecule has 0 spiro atoms. The normalized spacial score (nSPS) is 19.8. The van der Waals surface area contributed by atoms with Gasteiger partial charge < -0.3 is 9.47 Å². The lowest BCUT2D eigenvalue weighted by Gasteiger charge is -2.38. The van der Waals surface area contributed by atoms with Crippen molar-refractivity contribution in [2.24, 2.45) is 4.99 Å². The average Bonchev–Trinajstić information content (AvgIpc) is 2.62. The SMILES string of the molecule is CCOC(=O)C1=C(C)N=C2SCCC(=O)N2[C@@H]1c1ccc(OCC)cc1. The lowest BCUT2D eigenvalue weighted by atomic mass is 9.94. The molecule has 26 heavy (non-hydrogen) atoms. The smallest absolute Gasteiger partial charge is 0.338 e. The Kier molecular flexibility index (Phi) is 5.66. The third-order valence-corrected chi connectivity index (χ3v) is 5.16. The molecule has 0 saturated carbocycles. The topological polar surface area (TPSA) is 68.2 Å². The number of benzene rings is 1. The maximum atomic E-state index is 12.6. The highest BCUT2D eigenvalue weighted by Gasteiger charge is 2.41. The first-order chi connectivity index (χ1) is 12.6. The van der Waals surface area contributed by atoms with Crippen molar-refractivity contribution in [3.8, 4) is 5.75 Å². The molecule has 1 fully saturated rings. The molecule has 2 heterocycles. The molecule has 0 radical (unpaired) electrons. The van der Waals surface area contributed by atoms with E-state index in [9.17, 15) is 9.59 Å². The molecule has 2 aliphatic heterocycles. The fourth-order valence-corrected chi connectivity index (χ4v) is 4.10. The second-order valence-corrected chi connectivity index (χ2v) is 6.94. The summed E-state index contributed by atoms with van der Waals surface area (Å²) in [4.78, 5) is 31.4. The maximum absolute atomic E-state index is 12.6. The number of carbonyl (C=O) groups is 2. The van der Waals surface area contributed by atoms with Crippen LogP contribution in [0.1, 0.15) is 38.8 Å². The number of fused-ring (bicyclic) bond motifs is 1. The van der Waals surface area contributed by atoms with Crippen LogP contribution in [0.4, 0.5) is 0 Å². The van der Waals surface area contributed by atoms with Crippen molar-refractivity contribution in [3.63, 3.8) is 0 Å². The second-order valence-electron chi connectivity index (χ2n) is 5.88. The number of carbonyl (C=O) groups excluding carboxylic acids is 2. The molecular weight excluding hydrogens is 352 g/mol. The minimum Gasteiger partial charge on any atom is -0.494 e. The summed E-state index contributed by atoms with van der Waals surface area (Å²) in [6.45, 7) is 6.32. The number of amides is 1. The molecule has 0 N–H and O–H groups in total. The Bertz CT molecular complexity index is 770. The summed E-state index contributed by atoms with van der Waals surface area (Å²) in [6, 6.07) is 6.95. The average molecular weight is 374 g/mol. The number of esters is 1. The number of amidine groups is 1. The first kappa shape index (κ1) is 18.5. The fraction of sp³-hybridized carbons (Fsp3) is 0.421. The third kappa shape index (κ3) is 3.49. The van der Waals surface area contributed by atoms with Gasteiger partial charge in [-0.2, -0.15) is 0 Å². The van der Waals surface area contributed by atoms with Crippen LogP contribution < -0.4 is 4.74 Å². The molecule has 1 amide bonds. The lowest BCUT2D eigenvalue weighted by molar-refractivity contribution is -0.139. The van der Waals surface area contributed by atoms with Crippen molar-refractivity contribution in [2.45, 2.75) is 33.2 Å². The van der Waals surface area contributed by atoms with Gasteiger partial charge in [0.25, 0.3) is 0 Å². The Morgan fingerprint density at radius 3 is 2.65 bits per heavy atom. The molecule has 0 unspecified atom stereocenters. The standard InChI is InChI=1S/C19H22N2O4S/c1-4-24-14-8-6-13(7-9-14)17-16(18(23)25-5-2)12(3)20-19-21(17)15(22)10-11-26-19/h6-9,17H,4-5,10-11H2,1-3H3/t17-/m1/s1. The van der Waals surface area contributed by atoms with Gasteiger partial charge in [-0.15, -0.1) is 0 Å². The van der Waals surface area contributed by atoms with Crippen molar-refractivity contribution >= 4 is 28.8 Å². The van der Waals surface area contributed by atoms with Crippen LogP contribution in [0, 0.1) is 0 Å². The van der Waals surface area contributed by atoms with Crippen LogP contribution in [-0.4, -0.2) is 40.9 Å². The number of allylic oxidation sites excluding steroid dienone is 1. The Hall–Kier alpha value is -2.28. The highest BCUT2D eigenvalue weighted by molar-refractivity contribution is 8.14. The highest BCUT2D eigenvalue weighted by atomic mass is 32.2. The van der Waals surface area contributed by atoms with E-state index in [1.165, 1.54) is 11.8 Å². The van der Waals surface area contributed by atoms with Crippen LogP contribution >= 0.6 is 11.8 Å². The van der Waals surface area contributed by atoms with Gasteiger partial charge in [-0.3, -0.25) is 9.69 Å². The molecular formula is C19H22N2O4S. The summed E-state index contributed by atoms with van der Waals surface area (Å²) in [6.07, 6.45) is 0.423. The van der Waals surface area contributed by atoms with Crippen molar-refractivity contribution < 1.29 is 19.1 Å². The van der Waals surface area contributed by atoms with E-state index in [4.69, 9.17) is 9.47 Å². The van der Waals surface area contributed by atoms with E-state index in [-0.39, 0.29) is 12.5 Å². The molecule has 3 rings (SSSR count). The predicted octanol–water partition coefficient (Wildman–Crippen LogP) is 3.30. The van der Waals surface area contributed by atoms with Crippen molar-refractivity contribution in [1.82, 2.24) is 4.90 Å². The van der Waals surface area contributed by atoms with Gasteiger partial charge in [-0.25, -0.2) is 9.79 Å². The Morgan fingerprint density at radius 1 is 1.27 bits per heavy atom. The van der Waals surface area contributed by atoms with E-state index in [2.05, 4.69) is 4.99 Å². The van der Waals surface area contributed by atoms with Gasteiger partial charge in [0.15, 0.2) is 5.17 Å². The molecule has 7 heteroatoms. The third-order valence-electron chi connectivity index (χ3n) is 4.21. The Morgan fingerprint density at radius 2 is 2.00 bits per heavy atom. The summed E-state index contributed by atoms with van der Waals surface area (Å²) >= 11 is 1.54. The van der Waals surface area contributed by atoms with E-state index in [0.717, 1.165) is 11.3 Å². The Labute approximate surface area is 157 Å². The predicted molar refractivity (Wildman–Crippen MR) is 101 cm³/mol. The fourth-order valence-electron chi connectivity index (χ4n) is 3.09. The van der Waals surface area contributed by atoms with Crippen molar-refractivity contribution in [2.75, 3.05) is 19.0 Å². The molecule has 1 aromatic rings. The molecule has 1 saturated heterocycles. The number of rotatable bonds is 5. The first-order valence-electron chi connectivity index (χ1n) is 8.71. The zero-order valence-corrected chi connectivity index (χ0v) is 16.0. The molecule has 1 atom stereocenters. The largest absolute Gasteiger partial charge is 0.494 e. The summed E-state index contributed by atoms with van der Waals surface area (Å²) in [5, 5.41) is 0.644. The van der Waals surface area contributed by atoms with Crippen LogP contribution in [0.3, 0.4) is 0 Å². The van der Waals surface area contributed by atoms with Crippen LogP contribution in [0.5, 0.6) is 5.75 Å². The number of hydrogen-bond donors (Lipinski definition) is 0. The van der Waals surface area contributed by atoms with Crippen LogP contribution in [0.25, 0.3) is 0 Å². The first-order valence-corrected chi connectivity index (χ1v) is 9.69. The van der Waals surface area contributed by atoms with Crippen LogP contribution in [-0.2, 0) is 14.3 Å². The maximum Gasteiger partial charge on any atom is 0.338 e. The number of ether oxygens (including phenoxy) is 2. The number of nitrogens with zero attached hydrogens (tertiary/aromatic N) is 2.